The number of rotatable bonds is 7. The summed E-state index contributed by atoms with van der Waals surface area (Å²) in [6.07, 6.45) is 1.04. The highest BCUT2D eigenvalue weighted by molar-refractivity contribution is 6.07. The molecule has 0 fully saturated rings. The van der Waals surface area contributed by atoms with Crippen molar-refractivity contribution in [2.45, 2.75) is 33.2 Å². The van der Waals surface area contributed by atoms with E-state index in [0.29, 0.717) is 11.5 Å². The van der Waals surface area contributed by atoms with Crippen molar-refractivity contribution in [2.24, 2.45) is 5.92 Å². The van der Waals surface area contributed by atoms with Gasteiger partial charge >= 0.3 is 0 Å². The van der Waals surface area contributed by atoms with E-state index in [1.807, 2.05) is 61.5 Å². The molecular formula is C29H30N2O2. The summed E-state index contributed by atoms with van der Waals surface area (Å²) in [4.78, 5) is 18.2. The molecule has 0 radical (unpaired) electrons. The summed E-state index contributed by atoms with van der Waals surface area (Å²) >= 11 is 0. The van der Waals surface area contributed by atoms with Gasteiger partial charge in [-0.3, -0.25) is 4.79 Å². The predicted octanol–water partition coefficient (Wildman–Crippen LogP) is 6.60. The zero-order chi connectivity index (χ0) is 23.4. The van der Waals surface area contributed by atoms with Crippen LogP contribution in [-0.4, -0.2) is 18.0 Å². The van der Waals surface area contributed by atoms with Crippen molar-refractivity contribution in [3.05, 3.63) is 95.6 Å². The molecule has 0 bridgehead atoms. The molecule has 0 aliphatic rings. The van der Waals surface area contributed by atoms with Gasteiger partial charge in [-0.2, -0.15) is 0 Å². The molecule has 0 saturated carbocycles. The Morgan fingerprint density at radius 1 is 0.939 bits per heavy atom. The average Bonchev–Trinajstić information content (AvgIpc) is 2.83. The average molecular weight is 439 g/mol. The van der Waals surface area contributed by atoms with Gasteiger partial charge in [-0.05, 0) is 54.7 Å². The number of amides is 1. The van der Waals surface area contributed by atoms with E-state index in [2.05, 4.69) is 43.4 Å². The highest BCUT2D eigenvalue weighted by Crippen LogP contribution is 2.27. The molecule has 1 N–H and O–H groups in total. The van der Waals surface area contributed by atoms with Crippen molar-refractivity contribution in [3.63, 3.8) is 0 Å². The molecule has 0 saturated heterocycles. The fourth-order valence-corrected chi connectivity index (χ4v) is 4.06. The lowest BCUT2D eigenvalue weighted by Gasteiger charge is -2.17. The summed E-state index contributed by atoms with van der Waals surface area (Å²) in [5, 5.41) is 3.98. The molecule has 0 aliphatic carbocycles. The Hall–Kier alpha value is -3.66. The van der Waals surface area contributed by atoms with Crippen LogP contribution in [0.2, 0.25) is 0 Å². The second-order valence-electron chi connectivity index (χ2n) is 8.84. The maximum absolute atomic E-state index is 13.4. The number of pyridine rings is 1. The van der Waals surface area contributed by atoms with Crippen LogP contribution in [0.5, 0.6) is 5.75 Å². The maximum atomic E-state index is 13.4. The Balaban J connectivity index is 1.67. The zero-order valence-electron chi connectivity index (χ0n) is 19.6. The standard InChI is InChI=1S/C29H30N2O2/c1-19(2)16-21-12-14-22(15-13-21)28-18-26(25-10-5-6-11-27(25)31-28)29(32)30-20(3)23-8-7-9-24(17-23)33-4/h5-15,17-20H,16H2,1-4H3,(H,30,32). The van der Waals surface area contributed by atoms with Crippen LogP contribution < -0.4 is 10.1 Å². The normalized spacial score (nSPS) is 12.0. The smallest absolute Gasteiger partial charge is 0.252 e. The Labute approximate surface area is 195 Å². The second-order valence-corrected chi connectivity index (χ2v) is 8.84. The first-order chi connectivity index (χ1) is 15.9. The van der Waals surface area contributed by atoms with Crippen LogP contribution in [0.25, 0.3) is 22.2 Å². The van der Waals surface area contributed by atoms with Crippen molar-refractivity contribution < 1.29 is 9.53 Å². The summed E-state index contributed by atoms with van der Waals surface area (Å²) in [7, 11) is 1.64. The highest BCUT2D eigenvalue weighted by atomic mass is 16.5. The minimum absolute atomic E-state index is 0.124. The number of methoxy groups -OCH3 is 1. The van der Waals surface area contributed by atoms with Gasteiger partial charge in [0.1, 0.15) is 5.75 Å². The summed E-state index contributed by atoms with van der Waals surface area (Å²) in [5.74, 6) is 1.25. The molecule has 0 aliphatic heterocycles. The number of nitrogens with zero attached hydrogens (tertiary/aromatic N) is 1. The van der Waals surface area contributed by atoms with E-state index < -0.39 is 0 Å². The molecule has 1 atom stereocenters. The number of carbonyl (C=O) groups is 1. The fraction of sp³-hybridized carbons (Fsp3) is 0.241. The zero-order valence-corrected chi connectivity index (χ0v) is 19.6. The monoisotopic (exact) mass is 438 g/mol. The Bertz CT molecular complexity index is 1260. The number of nitrogens with one attached hydrogen (secondary N) is 1. The van der Waals surface area contributed by atoms with Gasteiger partial charge in [-0.1, -0.05) is 68.4 Å². The van der Waals surface area contributed by atoms with Gasteiger partial charge in [0, 0.05) is 10.9 Å². The van der Waals surface area contributed by atoms with E-state index in [1.165, 1.54) is 5.56 Å². The van der Waals surface area contributed by atoms with E-state index in [1.54, 1.807) is 7.11 Å². The lowest BCUT2D eigenvalue weighted by molar-refractivity contribution is 0.0941. The molecule has 4 heteroatoms. The third-order valence-corrected chi connectivity index (χ3v) is 5.80. The fourth-order valence-electron chi connectivity index (χ4n) is 4.06. The Kier molecular flexibility index (Phi) is 6.74. The summed E-state index contributed by atoms with van der Waals surface area (Å²) in [5.41, 5.74) is 5.52. The lowest BCUT2D eigenvalue weighted by atomic mass is 9.99. The topological polar surface area (TPSA) is 51.2 Å². The van der Waals surface area contributed by atoms with Crippen LogP contribution in [-0.2, 0) is 6.42 Å². The van der Waals surface area contributed by atoms with Gasteiger partial charge in [-0.15, -0.1) is 0 Å². The number of aromatic nitrogens is 1. The number of hydrogen-bond acceptors (Lipinski definition) is 3. The van der Waals surface area contributed by atoms with Gasteiger partial charge in [-0.25, -0.2) is 4.98 Å². The minimum atomic E-state index is -0.168. The molecule has 0 spiro atoms. The molecule has 1 unspecified atom stereocenters. The molecule has 4 nitrogen and oxygen atoms in total. The molecule has 4 aromatic rings. The van der Waals surface area contributed by atoms with Crippen molar-refractivity contribution >= 4 is 16.8 Å². The van der Waals surface area contributed by atoms with Gasteiger partial charge in [0.05, 0.1) is 29.9 Å². The second kappa shape index (κ2) is 9.86. The van der Waals surface area contributed by atoms with Crippen molar-refractivity contribution in [2.75, 3.05) is 7.11 Å². The Morgan fingerprint density at radius 3 is 2.42 bits per heavy atom. The maximum Gasteiger partial charge on any atom is 0.252 e. The highest BCUT2D eigenvalue weighted by Gasteiger charge is 2.17. The van der Waals surface area contributed by atoms with E-state index in [4.69, 9.17) is 9.72 Å². The first-order valence-corrected chi connectivity index (χ1v) is 11.4. The quantitative estimate of drug-likeness (QED) is 0.354. The largest absolute Gasteiger partial charge is 0.497 e. The molecule has 168 valence electrons. The number of ether oxygens (including phenoxy) is 1. The molecule has 1 amide bonds. The summed E-state index contributed by atoms with van der Waals surface area (Å²) < 4.78 is 5.33. The third kappa shape index (κ3) is 5.23. The molecule has 4 rings (SSSR count). The van der Waals surface area contributed by atoms with Gasteiger partial charge in [0.25, 0.3) is 5.91 Å². The minimum Gasteiger partial charge on any atom is -0.497 e. The number of carbonyl (C=O) groups excluding carboxylic acids is 1. The summed E-state index contributed by atoms with van der Waals surface area (Å²) in [6.45, 7) is 6.41. The van der Waals surface area contributed by atoms with Crippen molar-refractivity contribution in [1.82, 2.24) is 10.3 Å². The van der Waals surface area contributed by atoms with E-state index >= 15 is 0 Å². The van der Waals surface area contributed by atoms with E-state index in [-0.39, 0.29) is 11.9 Å². The molecule has 1 aromatic heterocycles. The molecule has 3 aromatic carbocycles. The van der Waals surface area contributed by atoms with Crippen LogP contribution >= 0.6 is 0 Å². The molecule has 1 heterocycles. The Morgan fingerprint density at radius 2 is 1.70 bits per heavy atom. The van der Waals surface area contributed by atoms with Crippen LogP contribution in [0.15, 0.2) is 78.9 Å². The number of hydrogen-bond donors (Lipinski definition) is 1. The third-order valence-electron chi connectivity index (χ3n) is 5.80. The van der Waals surface area contributed by atoms with Crippen LogP contribution in [0, 0.1) is 5.92 Å². The number of para-hydroxylation sites is 1. The molecular weight excluding hydrogens is 408 g/mol. The van der Waals surface area contributed by atoms with Gasteiger partial charge < -0.3 is 10.1 Å². The van der Waals surface area contributed by atoms with Crippen LogP contribution in [0.3, 0.4) is 0 Å². The van der Waals surface area contributed by atoms with Crippen LogP contribution in [0.1, 0.15) is 48.3 Å². The van der Waals surface area contributed by atoms with Gasteiger partial charge in [0.15, 0.2) is 0 Å². The van der Waals surface area contributed by atoms with Crippen LogP contribution in [0.4, 0.5) is 0 Å². The number of benzene rings is 3. The van der Waals surface area contributed by atoms with E-state index in [0.717, 1.165) is 39.9 Å². The van der Waals surface area contributed by atoms with Crippen molar-refractivity contribution in [1.29, 1.82) is 0 Å². The van der Waals surface area contributed by atoms with E-state index in [9.17, 15) is 4.79 Å². The number of fused-ring (bicyclic) bond motifs is 1. The summed E-state index contributed by atoms with van der Waals surface area (Å²) in [6, 6.07) is 25.8. The lowest BCUT2D eigenvalue weighted by Crippen LogP contribution is -2.27. The van der Waals surface area contributed by atoms with Crippen molar-refractivity contribution in [3.8, 4) is 17.0 Å². The predicted molar refractivity (Wildman–Crippen MR) is 135 cm³/mol. The first-order valence-electron chi connectivity index (χ1n) is 11.4. The first kappa shape index (κ1) is 22.5. The molecule has 33 heavy (non-hydrogen) atoms. The van der Waals surface area contributed by atoms with Gasteiger partial charge in [0.2, 0.25) is 0 Å². The SMILES string of the molecule is COc1cccc(C(C)NC(=O)c2cc(-c3ccc(CC(C)C)cc3)nc3ccccc23)c1.